The molecule has 0 fully saturated rings. The molecule has 0 atom stereocenters. The third-order valence-corrected chi connectivity index (χ3v) is 1.98. The zero-order valence-electron chi connectivity index (χ0n) is 9.34. The molecule has 0 aliphatic rings. The first-order chi connectivity index (χ1) is 7.63. The van der Waals surface area contributed by atoms with E-state index in [-0.39, 0.29) is 11.7 Å². The summed E-state index contributed by atoms with van der Waals surface area (Å²) in [7, 11) is 1.42. The molecule has 0 heterocycles. The number of hydrogen-bond donors (Lipinski definition) is 2. The summed E-state index contributed by atoms with van der Waals surface area (Å²) < 4.78 is 17.9. The van der Waals surface area contributed by atoms with Gasteiger partial charge in [0.1, 0.15) is 0 Å². The Hall–Kier alpha value is -1.78. The SMILES string of the molecule is COc1cc(NCCNC(C)=O)ccc1F. The Kier molecular flexibility index (Phi) is 4.57. The maximum absolute atomic E-state index is 13.1. The van der Waals surface area contributed by atoms with Gasteiger partial charge in [-0.3, -0.25) is 4.79 Å². The summed E-state index contributed by atoms with van der Waals surface area (Å²) in [4.78, 5) is 10.6. The van der Waals surface area contributed by atoms with Crippen LogP contribution < -0.4 is 15.4 Å². The van der Waals surface area contributed by atoms with Crippen molar-refractivity contribution in [3.63, 3.8) is 0 Å². The summed E-state index contributed by atoms with van der Waals surface area (Å²) >= 11 is 0. The quantitative estimate of drug-likeness (QED) is 0.746. The fraction of sp³-hybridized carbons (Fsp3) is 0.364. The van der Waals surface area contributed by atoms with E-state index in [4.69, 9.17) is 4.74 Å². The van der Waals surface area contributed by atoms with E-state index in [0.717, 1.165) is 5.69 Å². The van der Waals surface area contributed by atoms with Gasteiger partial charge in [-0.05, 0) is 12.1 Å². The number of carbonyl (C=O) groups is 1. The first kappa shape index (κ1) is 12.3. The molecule has 5 heteroatoms. The molecule has 0 aromatic heterocycles. The average molecular weight is 226 g/mol. The van der Waals surface area contributed by atoms with Crippen LogP contribution in [0.2, 0.25) is 0 Å². The van der Waals surface area contributed by atoms with Crippen molar-refractivity contribution in [1.29, 1.82) is 0 Å². The Morgan fingerprint density at radius 3 is 2.81 bits per heavy atom. The minimum Gasteiger partial charge on any atom is -0.494 e. The van der Waals surface area contributed by atoms with Crippen LogP contribution in [0.5, 0.6) is 5.75 Å². The summed E-state index contributed by atoms with van der Waals surface area (Å²) in [5.74, 6) is -0.266. The third-order valence-electron chi connectivity index (χ3n) is 1.98. The Labute approximate surface area is 93.8 Å². The molecule has 1 aromatic rings. The number of halogens is 1. The van der Waals surface area contributed by atoms with E-state index in [1.54, 1.807) is 12.1 Å². The predicted molar refractivity (Wildman–Crippen MR) is 60.1 cm³/mol. The molecular weight excluding hydrogens is 211 g/mol. The molecule has 0 saturated heterocycles. The highest BCUT2D eigenvalue weighted by Gasteiger charge is 2.02. The van der Waals surface area contributed by atoms with Gasteiger partial charge in [0.2, 0.25) is 5.91 Å². The van der Waals surface area contributed by atoms with Gasteiger partial charge in [0.15, 0.2) is 11.6 Å². The number of ether oxygens (including phenoxy) is 1. The van der Waals surface area contributed by atoms with Crippen LogP contribution in [0.1, 0.15) is 6.92 Å². The standard InChI is InChI=1S/C11H15FN2O2/c1-8(15)13-5-6-14-9-3-4-10(12)11(7-9)16-2/h3-4,7,14H,5-6H2,1-2H3,(H,13,15). The minimum atomic E-state index is -0.394. The molecule has 0 unspecified atom stereocenters. The molecule has 0 spiro atoms. The van der Waals surface area contributed by atoms with E-state index < -0.39 is 5.82 Å². The van der Waals surface area contributed by atoms with Gasteiger partial charge < -0.3 is 15.4 Å². The van der Waals surface area contributed by atoms with Crippen molar-refractivity contribution in [1.82, 2.24) is 5.32 Å². The second kappa shape index (κ2) is 5.95. The molecule has 0 aliphatic carbocycles. The van der Waals surface area contributed by atoms with Crippen LogP contribution >= 0.6 is 0 Å². The lowest BCUT2D eigenvalue weighted by molar-refractivity contribution is -0.118. The van der Waals surface area contributed by atoms with E-state index in [2.05, 4.69) is 10.6 Å². The van der Waals surface area contributed by atoms with Crippen LogP contribution in [0.3, 0.4) is 0 Å². The van der Waals surface area contributed by atoms with E-state index in [1.165, 1.54) is 20.1 Å². The molecule has 0 radical (unpaired) electrons. The molecule has 0 saturated carbocycles. The Balaban J connectivity index is 2.45. The van der Waals surface area contributed by atoms with Crippen molar-refractivity contribution < 1.29 is 13.9 Å². The van der Waals surface area contributed by atoms with Crippen LogP contribution in [0.4, 0.5) is 10.1 Å². The number of nitrogens with one attached hydrogen (secondary N) is 2. The summed E-state index contributed by atoms with van der Waals surface area (Å²) in [5, 5.41) is 5.69. The molecule has 16 heavy (non-hydrogen) atoms. The van der Waals surface area contributed by atoms with Crippen molar-refractivity contribution >= 4 is 11.6 Å². The second-order valence-corrected chi connectivity index (χ2v) is 3.26. The van der Waals surface area contributed by atoms with Gasteiger partial charge >= 0.3 is 0 Å². The summed E-state index contributed by atoms with van der Waals surface area (Å²) in [6, 6.07) is 4.52. The topological polar surface area (TPSA) is 50.4 Å². The lowest BCUT2D eigenvalue weighted by atomic mass is 10.3. The Morgan fingerprint density at radius 2 is 2.19 bits per heavy atom. The number of anilines is 1. The Bertz CT molecular complexity index is 369. The highest BCUT2D eigenvalue weighted by molar-refractivity contribution is 5.72. The molecule has 88 valence electrons. The van der Waals surface area contributed by atoms with Crippen LogP contribution in [-0.4, -0.2) is 26.1 Å². The minimum absolute atomic E-state index is 0.0708. The number of rotatable bonds is 5. The second-order valence-electron chi connectivity index (χ2n) is 3.26. The summed E-state index contributed by atoms with van der Waals surface area (Å²) in [6.07, 6.45) is 0. The zero-order valence-corrected chi connectivity index (χ0v) is 9.34. The normalized spacial score (nSPS) is 9.69. The number of hydrogen-bond acceptors (Lipinski definition) is 3. The Morgan fingerprint density at radius 1 is 1.44 bits per heavy atom. The van der Waals surface area contributed by atoms with Crippen molar-refractivity contribution in [2.24, 2.45) is 0 Å². The van der Waals surface area contributed by atoms with Crippen LogP contribution in [0.15, 0.2) is 18.2 Å². The largest absolute Gasteiger partial charge is 0.494 e. The molecule has 1 aromatic carbocycles. The van der Waals surface area contributed by atoms with Gasteiger partial charge in [0.05, 0.1) is 7.11 Å². The zero-order chi connectivity index (χ0) is 12.0. The summed E-state index contributed by atoms with van der Waals surface area (Å²) in [6.45, 7) is 2.56. The number of benzene rings is 1. The molecule has 4 nitrogen and oxygen atoms in total. The van der Waals surface area contributed by atoms with Gasteiger partial charge in [-0.25, -0.2) is 4.39 Å². The maximum Gasteiger partial charge on any atom is 0.216 e. The fourth-order valence-electron chi connectivity index (χ4n) is 1.22. The molecule has 2 N–H and O–H groups in total. The average Bonchev–Trinajstić information content (AvgIpc) is 2.26. The maximum atomic E-state index is 13.1. The smallest absolute Gasteiger partial charge is 0.216 e. The van der Waals surface area contributed by atoms with Crippen molar-refractivity contribution in [2.45, 2.75) is 6.92 Å². The van der Waals surface area contributed by atoms with Crippen molar-refractivity contribution in [3.05, 3.63) is 24.0 Å². The number of amides is 1. The third kappa shape index (κ3) is 3.76. The fourth-order valence-corrected chi connectivity index (χ4v) is 1.22. The van der Waals surface area contributed by atoms with Crippen LogP contribution in [0.25, 0.3) is 0 Å². The van der Waals surface area contributed by atoms with E-state index in [9.17, 15) is 9.18 Å². The van der Waals surface area contributed by atoms with Crippen LogP contribution in [0, 0.1) is 5.82 Å². The first-order valence-corrected chi connectivity index (χ1v) is 4.95. The van der Waals surface area contributed by atoms with Crippen molar-refractivity contribution in [2.75, 3.05) is 25.5 Å². The monoisotopic (exact) mass is 226 g/mol. The lowest BCUT2D eigenvalue weighted by Gasteiger charge is -2.08. The first-order valence-electron chi connectivity index (χ1n) is 4.95. The van der Waals surface area contributed by atoms with Gasteiger partial charge in [-0.15, -0.1) is 0 Å². The van der Waals surface area contributed by atoms with Gasteiger partial charge in [-0.2, -0.15) is 0 Å². The molecule has 0 aliphatic heterocycles. The van der Waals surface area contributed by atoms with Crippen LogP contribution in [-0.2, 0) is 4.79 Å². The molecule has 0 bridgehead atoms. The predicted octanol–water partition coefficient (Wildman–Crippen LogP) is 1.38. The molecule has 1 amide bonds. The van der Waals surface area contributed by atoms with E-state index in [0.29, 0.717) is 13.1 Å². The van der Waals surface area contributed by atoms with Gasteiger partial charge in [0, 0.05) is 31.8 Å². The van der Waals surface area contributed by atoms with E-state index >= 15 is 0 Å². The molecular formula is C11H15FN2O2. The number of carbonyl (C=O) groups excluding carboxylic acids is 1. The lowest BCUT2D eigenvalue weighted by Crippen LogP contribution is -2.26. The van der Waals surface area contributed by atoms with Gasteiger partial charge in [0.25, 0.3) is 0 Å². The highest BCUT2D eigenvalue weighted by Crippen LogP contribution is 2.20. The highest BCUT2D eigenvalue weighted by atomic mass is 19.1. The molecule has 1 rings (SSSR count). The summed E-state index contributed by atoms with van der Waals surface area (Å²) in [5.41, 5.74) is 0.753. The van der Waals surface area contributed by atoms with Crippen molar-refractivity contribution in [3.8, 4) is 5.75 Å². The van der Waals surface area contributed by atoms with Gasteiger partial charge in [-0.1, -0.05) is 0 Å². The van der Waals surface area contributed by atoms with E-state index in [1.807, 2.05) is 0 Å². The number of methoxy groups -OCH3 is 1.